The van der Waals surface area contributed by atoms with Gasteiger partial charge in [-0.2, -0.15) is 8.42 Å². The summed E-state index contributed by atoms with van der Waals surface area (Å²) in [6.45, 7) is 3.37. The fraction of sp³-hybridized carbons (Fsp3) is 0.875. The normalized spacial score (nSPS) is 15.2. The Morgan fingerprint density at radius 1 is 1.26 bits per heavy atom. The highest BCUT2D eigenvalue weighted by atomic mass is 32.3. The molecule has 1 unspecified atom stereocenters. The van der Waals surface area contributed by atoms with Crippen LogP contribution in [0, 0.1) is 0 Å². The van der Waals surface area contributed by atoms with Crippen LogP contribution in [0.5, 0.6) is 0 Å². The smallest absolute Gasteiger partial charge is 0.438 e. The molecule has 0 saturated carbocycles. The number of rotatable bonds is 9. The first-order chi connectivity index (χ1) is 8.60. The lowest BCUT2D eigenvalue weighted by Crippen LogP contribution is -2.16. The molecule has 114 valence electrons. The highest BCUT2D eigenvalue weighted by molar-refractivity contribution is 7.80. The summed E-state index contributed by atoms with van der Waals surface area (Å²) < 4.78 is 58.8. The lowest BCUT2D eigenvalue weighted by molar-refractivity contribution is 0.117. The summed E-state index contributed by atoms with van der Waals surface area (Å²) in [6, 6.07) is 0. The van der Waals surface area contributed by atoms with Crippen molar-refractivity contribution in [3.63, 3.8) is 0 Å². The van der Waals surface area contributed by atoms with E-state index in [4.69, 9.17) is 13.8 Å². The molecule has 0 aromatic rings. The van der Waals surface area contributed by atoms with Gasteiger partial charge in [-0.3, -0.25) is 9.08 Å². The van der Waals surface area contributed by atoms with E-state index in [0.717, 1.165) is 0 Å². The molecule has 0 rings (SSSR count). The zero-order valence-electron chi connectivity index (χ0n) is 10.8. The molecule has 0 aromatic heterocycles. The van der Waals surface area contributed by atoms with Crippen molar-refractivity contribution >= 4 is 23.7 Å². The first-order valence-electron chi connectivity index (χ1n) is 5.33. The van der Waals surface area contributed by atoms with E-state index < -0.39 is 43.0 Å². The summed E-state index contributed by atoms with van der Waals surface area (Å²) in [5.74, 6) is 0. The van der Waals surface area contributed by atoms with Crippen LogP contribution in [0.3, 0.4) is 0 Å². The van der Waals surface area contributed by atoms with Crippen molar-refractivity contribution in [3.05, 3.63) is 0 Å². The minimum atomic E-state index is -4.62. The van der Waals surface area contributed by atoms with E-state index in [0.29, 0.717) is 0 Å². The van der Waals surface area contributed by atoms with Crippen LogP contribution >= 0.6 is 7.60 Å². The van der Waals surface area contributed by atoms with E-state index in [2.05, 4.69) is 8.71 Å². The number of ether oxygens (including phenoxy) is 1. The van der Waals surface area contributed by atoms with Gasteiger partial charge in [-0.1, -0.05) is 0 Å². The van der Waals surface area contributed by atoms with Crippen molar-refractivity contribution in [2.24, 2.45) is 0 Å². The first-order valence-corrected chi connectivity index (χ1v) is 8.23. The Kier molecular flexibility index (Phi) is 7.72. The monoisotopic (exact) mass is 320 g/mol. The van der Waals surface area contributed by atoms with Gasteiger partial charge in [0, 0.05) is 0 Å². The van der Waals surface area contributed by atoms with E-state index in [1.807, 2.05) is 0 Å². The van der Waals surface area contributed by atoms with E-state index in [1.165, 1.54) is 6.92 Å². The van der Waals surface area contributed by atoms with E-state index >= 15 is 0 Å². The summed E-state index contributed by atoms with van der Waals surface area (Å²) in [4.78, 5) is 11.5. The summed E-state index contributed by atoms with van der Waals surface area (Å²) in [5, 5.41) is 0. The van der Waals surface area contributed by atoms with E-state index in [1.54, 1.807) is 13.8 Å². The van der Waals surface area contributed by atoms with Gasteiger partial charge < -0.3 is 9.26 Å². The first kappa shape index (κ1) is 18.5. The minimum absolute atomic E-state index is 0.0658. The standard InChI is InChI=1S/C8H17O9PS/c1-4-14-18(10,8(9)17-7(2)3)15-5-6-16-19(11,12)13/h7H,4-6H2,1-3H3,(H,11,12,13). The third-order valence-corrected chi connectivity index (χ3v) is 3.57. The topological polar surface area (TPSA) is 125 Å². The highest BCUT2D eigenvalue weighted by Crippen LogP contribution is 2.50. The van der Waals surface area contributed by atoms with Crippen LogP contribution in [0.25, 0.3) is 0 Å². The van der Waals surface area contributed by atoms with E-state index in [-0.39, 0.29) is 6.61 Å². The number of carbonyl (C=O) groups is 1. The summed E-state index contributed by atoms with van der Waals surface area (Å²) >= 11 is 0. The molecule has 0 radical (unpaired) electrons. The molecule has 0 aromatic carbocycles. The number of hydrogen-bond donors (Lipinski definition) is 1. The third kappa shape index (κ3) is 8.30. The molecule has 0 fully saturated rings. The SMILES string of the molecule is CCOP(=O)(OCCOS(=O)(=O)O)C(=O)OC(C)C. The number of carbonyl (C=O) groups excluding carboxylic acids is 1. The largest absolute Gasteiger partial charge is 0.454 e. The molecule has 1 atom stereocenters. The summed E-state index contributed by atoms with van der Waals surface area (Å²) in [6.07, 6.45) is -0.515. The van der Waals surface area contributed by atoms with Crippen molar-refractivity contribution < 1.29 is 40.3 Å². The zero-order valence-corrected chi connectivity index (χ0v) is 12.5. The molecule has 1 N–H and O–H groups in total. The van der Waals surface area contributed by atoms with Gasteiger partial charge in [-0.15, -0.1) is 0 Å². The maximum Gasteiger partial charge on any atom is 0.438 e. The molecule has 9 nitrogen and oxygen atoms in total. The predicted molar refractivity (Wildman–Crippen MR) is 64.3 cm³/mol. The molecule has 0 bridgehead atoms. The van der Waals surface area contributed by atoms with Gasteiger partial charge >= 0.3 is 23.7 Å². The van der Waals surface area contributed by atoms with Crippen LogP contribution in [0.2, 0.25) is 0 Å². The van der Waals surface area contributed by atoms with Gasteiger partial charge in [-0.25, -0.2) is 13.5 Å². The average Bonchev–Trinajstić information content (AvgIpc) is 2.22. The quantitative estimate of drug-likeness (QED) is 0.383. The van der Waals surface area contributed by atoms with Crippen LogP contribution in [0.1, 0.15) is 20.8 Å². The Hall–Kier alpha value is -0.510. The van der Waals surface area contributed by atoms with Crippen molar-refractivity contribution in [2.45, 2.75) is 26.9 Å². The lowest BCUT2D eigenvalue weighted by atomic mass is 10.5. The average molecular weight is 320 g/mol. The number of hydrogen-bond acceptors (Lipinski definition) is 8. The molecule has 19 heavy (non-hydrogen) atoms. The summed E-state index contributed by atoms with van der Waals surface area (Å²) in [5.41, 5.74) is -1.17. The summed E-state index contributed by atoms with van der Waals surface area (Å²) in [7, 11) is -8.78. The molecule has 11 heteroatoms. The molecule has 0 aliphatic rings. The third-order valence-electron chi connectivity index (χ3n) is 1.44. The molecule has 0 aliphatic carbocycles. The van der Waals surface area contributed by atoms with Crippen molar-refractivity contribution in [3.8, 4) is 0 Å². The Morgan fingerprint density at radius 3 is 2.26 bits per heavy atom. The van der Waals surface area contributed by atoms with Gasteiger partial charge in [-0.05, 0) is 20.8 Å². The van der Waals surface area contributed by atoms with Gasteiger partial charge in [0.1, 0.15) is 0 Å². The van der Waals surface area contributed by atoms with Crippen LogP contribution in [0.4, 0.5) is 4.79 Å². The van der Waals surface area contributed by atoms with Crippen molar-refractivity contribution in [2.75, 3.05) is 19.8 Å². The predicted octanol–water partition coefficient (Wildman–Crippen LogP) is 1.60. The second-order valence-electron chi connectivity index (χ2n) is 3.43. The Morgan fingerprint density at radius 2 is 1.84 bits per heavy atom. The maximum absolute atomic E-state index is 12.0. The second kappa shape index (κ2) is 7.93. The fourth-order valence-electron chi connectivity index (χ4n) is 0.876. The Bertz CT molecular complexity index is 430. The molecule has 0 saturated heterocycles. The van der Waals surface area contributed by atoms with Crippen LogP contribution in [-0.2, 0) is 32.9 Å². The molecule has 0 aliphatic heterocycles. The molecule has 0 amide bonds. The molecule has 0 heterocycles. The maximum atomic E-state index is 12.0. The molecule has 0 spiro atoms. The van der Waals surface area contributed by atoms with Gasteiger partial charge in [0.05, 0.1) is 25.9 Å². The Balaban J connectivity index is 4.47. The minimum Gasteiger partial charge on any atom is -0.454 e. The van der Waals surface area contributed by atoms with Gasteiger partial charge in [0.25, 0.3) is 0 Å². The van der Waals surface area contributed by atoms with E-state index in [9.17, 15) is 17.8 Å². The molecular weight excluding hydrogens is 303 g/mol. The van der Waals surface area contributed by atoms with Gasteiger partial charge in [0.15, 0.2) is 0 Å². The van der Waals surface area contributed by atoms with Gasteiger partial charge in [0.2, 0.25) is 0 Å². The van der Waals surface area contributed by atoms with Crippen LogP contribution < -0.4 is 0 Å². The fourth-order valence-corrected chi connectivity index (χ4v) is 2.43. The Labute approximate surface area is 111 Å². The highest BCUT2D eigenvalue weighted by Gasteiger charge is 2.37. The molecular formula is C8H17O9PS. The second-order valence-corrected chi connectivity index (χ2v) is 6.40. The van der Waals surface area contributed by atoms with Crippen LogP contribution in [0.15, 0.2) is 0 Å². The van der Waals surface area contributed by atoms with Crippen molar-refractivity contribution in [1.82, 2.24) is 0 Å². The zero-order chi connectivity index (χ0) is 15.1. The lowest BCUT2D eigenvalue weighted by Gasteiger charge is -2.17. The van der Waals surface area contributed by atoms with Crippen molar-refractivity contribution in [1.29, 1.82) is 0 Å². The van der Waals surface area contributed by atoms with Crippen LogP contribution in [-0.4, -0.2) is 44.6 Å².